The minimum Gasteiger partial charge on any atom is -0.424 e. The summed E-state index contributed by atoms with van der Waals surface area (Å²) in [6, 6.07) is 19.9. The molecule has 0 N–H and O–H groups in total. The fraction of sp³-hybridized carbons (Fsp3) is 0. The molecule has 2 aromatic carbocycles. The lowest BCUT2D eigenvalue weighted by molar-refractivity contribution is 0.442. The Morgan fingerprint density at radius 1 is 0.632 bits per heavy atom. The summed E-state index contributed by atoms with van der Waals surface area (Å²) in [5.41, 5.74) is 2.06. The fourth-order valence-electron chi connectivity index (χ4n) is 1.74. The third-order valence-corrected chi connectivity index (χ3v) is 2.69. The molecule has 92 valence electrons. The first-order chi connectivity index (χ1) is 9.42. The van der Waals surface area contributed by atoms with Crippen molar-refractivity contribution in [2.24, 2.45) is 0 Å². The van der Waals surface area contributed by atoms with Crippen molar-refractivity contribution in [2.75, 3.05) is 0 Å². The van der Waals surface area contributed by atoms with Crippen molar-refractivity contribution in [3.8, 4) is 22.9 Å². The zero-order valence-electron chi connectivity index (χ0n) is 10.2. The number of nitrogens with zero attached hydrogens (tertiary/aromatic N) is 2. The Labute approximate surface area is 111 Å². The summed E-state index contributed by atoms with van der Waals surface area (Å²) in [5, 5.41) is 0. The van der Waals surface area contributed by atoms with Gasteiger partial charge in [-0.15, -0.1) is 0 Å². The van der Waals surface area contributed by atoms with Gasteiger partial charge < -0.3 is 4.74 Å². The van der Waals surface area contributed by atoms with E-state index in [9.17, 15) is 0 Å². The van der Waals surface area contributed by atoms with E-state index in [0.717, 1.165) is 16.9 Å². The van der Waals surface area contributed by atoms with Crippen molar-refractivity contribution < 1.29 is 4.74 Å². The monoisotopic (exact) mass is 248 g/mol. The summed E-state index contributed by atoms with van der Waals surface area (Å²) in [7, 11) is 0. The molecule has 0 saturated carbocycles. The second-order valence-electron chi connectivity index (χ2n) is 4.04. The SMILES string of the molecule is c1ccc(Oc2ncc(-c3ccccc3)cn2)cc1. The van der Waals surface area contributed by atoms with Crippen LogP contribution in [0.15, 0.2) is 73.1 Å². The number of hydrogen-bond acceptors (Lipinski definition) is 3. The summed E-state index contributed by atoms with van der Waals surface area (Å²) < 4.78 is 5.55. The van der Waals surface area contributed by atoms with Crippen LogP contribution in [-0.4, -0.2) is 9.97 Å². The lowest BCUT2D eigenvalue weighted by atomic mass is 10.1. The van der Waals surface area contributed by atoms with E-state index in [1.165, 1.54) is 0 Å². The van der Waals surface area contributed by atoms with Crippen LogP contribution >= 0.6 is 0 Å². The topological polar surface area (TPSA) is 35.0 Å². The van der Waals surface area contributed by atoms with Gasteiger partial charge in [-0.2, -0.15) is 0 Å². The van der Waals surface area contributed by atoms with Crippen molar-refractivity contribution in [1.82, 2.24) is 9.97 Å². The third-order valence-electron chi connectivity index (χ3n) is 2.69. The molecule has 0 spiro atoms. The molecule has 0 fully saturated rings. The van der Waals surface area contributed by atoms with Crippen LogP contribution in [0.5, 0.6) is 11.8 Å². The summed E-state index contributed by atoms with van der Waals surface area (Å²) in [6.07, 6.45) is 3.53. The minimum atomic E-state index is 0.353. The van der Waals surface area contributed by atoms with Crippen LogP contribution in [0.1, 0.15) is 0 Å². The van der Waals surface area contributed by atoms with Gasteiger partial charge in [0.15, 0.2) is 0 Å². The van der Waals surface area contributed by atoms with Crippen LogP contribution < -0.4 is 4.74 Å². The van der Waals surface area contributed by atoms with Gasteiger partial charge in [0, 0.05) is 18.0 Å². The van der Waals surface area contributed by atoms with E-state index in [0.29, 0.717) is 6.01 Å². The largest absolute Gasteiger partial charge is 0.424 e. The maximum absolute atomic E-state index is 5.55. The van der Waals surface area contributed by atoms with E-state index in [2.05, 4.69) is 9.97 Å². The predicted molar refractivity (Wildman–Crippen MR) is 74.0 cm³/mol. The Kier molecular flexibility index (Phi) is 3.19. The van der Waals surface area contributed by atoms with Gasteiger partial charge >= 0.3 is 6.01 Å². The van der Waals surface area contributed by atoms with Crippen LogP contribution in [0.2, 0.25) is 0 Å². The van der Waals surface area contributed by atoms with Crippen molar-refractivity contribution in [1.29, 1.82) is 0 Å². The number of benzene rings is 2. The number of rotatable bonds is 3. The first-order valence-electron chi connectivity index (χ1n) is 6.02. The van der Waals surface area contributed by atoms with E-state index in [1.54, 1.807) is 12.4 Å². The molecular formula is C16H12N2O. The van der Waals surface area contributed by atoms with Gasteiger partial charge in [-0.25, -0.2) is 9.97 Å². The minimum absolute atomic E-state index is 0.353. The van der Waals surface area contributed by atoms with Crippen LogP contribution in [0.25, 0.3) is 11.1 Å². The molecule has 0 unspecified atom stereocenters. The van der Waals surface area contributed by atoms with Crippen molar-refractivity contribution >= 4 is 0 Å². The maximum atomic E-state index is 5.55. The highest BCUT2D eigenvalue weighted by atomic mass is 16.5. The number of para-hydroxylation sites is 1. The average molecular weight is 248 g/mol. The van der Waals surface area contributed by atoms with E-state index in [1.807, 2.05) is 60.7 Å². The van der Waals surface area contributed by atoms with Crippen LogP contribution in [-0.2, 0) is 0 Å². The molecular weight excluding hydrogens is 236 g/mol. The average Bonchev–Trinajstić information content (AvgIpc) is 2.50. The number of aromatic nitrogens is 2. The van der Waals surface area contributed by atoms with Gasteiger partial charge in [-0.3, -0.25) is 0 Å². The Bertz CT molecular complexity index is 637. The molecule has 0 aliphatic rings. The molecule has 3 heteroatoms. The molecule has 0 bridgehead atoms. The molecule has 0 aliphatic heterocycles. The molecule has 0 radical (unpaired) electrons. The second-order valence-corrected chi connectivity index (χ2v) is 4.04. The zero-order chi connectivity index (χ0) is 12.9. The van der Waals surface area contributed by atoms with E-state index < -0.39 is 0 Å². The Morgan fingerprint density at radius 2 is 1.21 bits per heavy atom. The van der Waals surface area contributed by atoms with Gasteiger partial charge in [-0.1, -0.05) is 48.5 Å². The maximum Gasteiger partial charge on any atom is 0.321 e. The van der Waals surface area contributed by atoms with E-state index in [4.69, 9.17) is 4.74 Å². The number of hydrogen-bond donors (Lipinski definition) is 0. The summed E-state index contributed by atoms with van der Waals surface area (Å²) in [6.45, 7) is 0. The highest BCUT2D eigenvalue weighted by Crippen LogP contribution is 2.20. The molecule has 0 saturated heterocycles. The van der Waals surface area contributed by atoms with Gasteiger partial charge in [-0.05, 0) is 17.7 Å². The Morgan fingerprint density at radius 3 is 1.84 bits per heavy atom. The summed E-state index contributed by atoms with van der Waals surface area (Å²) in [5.74, 6) is 0.731. The molecule has 3 aromatic rings. The van der Waals surface area contributed by atoms with Crippen molar-refractivity contribution in [3.63, 3.8) is 0 Å². The molecule has 3 rings (SSSR count). The molecule has 1 heterocycles. The van der Waals surface area contributed by atoms with Crippen LogP contribution in [0.4, 0.5) is 0 Å². The first-order valence-corrected chi connectivity index (χ1v) is 6.02. The quantitative estimate of drug-likeness (QED) is 0.704. The van der Waals surface area contributed by atoms with Gasteiger partial charge in [0.25, 0.3) is 0 Å². The molecule has 0 aliphatic carbocycles. The van der Waals surface area contributed by atoms with Gasteiger partial charge in [0.05, 0.1) is 0 Å². The van der Waals surface area contributed by atoms with Crippen LogP contribution in [0.3, 0.4) is 0 Å². The highest BCUT2D eigenvalue weighted by Gasteiger charge is 2.01. The molecule has 0 atom stereocenters. The van der Waals surface area contributed by atoms with E-state index >= 15 is 0 Å². The predicted octanol–water partition coefficient (Wildman–Crippen LogP) is 3.94. The number of ether oxygens (including phenoxy) is 1. The second kappa shape index (κ2) is 5.31. The fourth-order valence-corrected chi connectivity index (χ4v) is 1.74. The zero-order valence-corrected chi connectivity index (χ0v) is 10.2. The first kappa shape index (κ1) is 11.4. The third kappa shape index (κ3) is 2.77. The summed E-state index contributed by atoms with van der Waals surface area (Å²) in [4.78, 5) is 8.43. The molecule has 1 aromatic heterocycles. The smallest absolute Gasteiger partial charge is 0.321 e. The highest BCUT2D eigenvalue weighted by molar-refractivity contribution is 5.61. The molecule has 0 amide bonds. The summed E-state index contributed by atoms with van der Waals surface area (Å²) >= 11 is 0. The molecule has 19 heavy (non-hydrogen) atoms. The van der Waals surface area contributed by atoms with E-state index in [-0.39, 0.29) is 0 Å². The van der Waals surface area contributed by atoms with Crippen molar-refractivity contribution in [2.45, 2.75) is 0 Å². The standard InChI is InChI=1S/C16H12N2O/c1-3-7-13(8-4-1)14-11-17-16(18-12-14)19-15-9-5-2-6-10-15/h1-12H. The Balaban J connectivity index is 1.80. The van der Waals surface area contributed by atoms with Gasteiger partial charge in [0.2, 0.25) is 0 Å². The lowest BCUT2D eigenvalue weighted by Gasteiger charge is -2.04. The lowest BCUT2D eigenvalue weighted by Crippen LogP contribution is -1.91. The van der Waals surface area contributed by atoms with Crippen LogP contribution in [0, 0.1) is 0 Å². The van der Waals surface area contributed by atoms with Crippen molar-refractivity contribution in [3.05, 3.63) is 73.1 Å². The molecule has 3 nitrogen and oxygen atoms in total. The Hall–Kier alpha value is -2.68. The van der Waals surface area contributed by atoms with Gasteiger partial charge in [0.1, 0.15) is 5.75 Å². The normalized spacial score (nSPS) is 10.1.